The Bertz CT molecular complexity index is 264. The number of ketones is 1. The second-order valence-corrected chi connectivity index (χ2v) is 7.64. The van der Waals surface area contributed by atoms with Crippen LogP contribution in [-0.2, 0) is 14.2 Å². The third-order valence-electron chi connectivity index (χ3n) is 2.52. The number of rotatable bonds is 9. The van der Waals surface area contributed by atoms with Crippen LogP contribution in [0.3, 0.4) is 0 Å². The average molecular weight is 248 g/mol. The Morgan fingerprint density at radius 3 is 2.12 bits per heavy atom. The van der Waals surface area contributed by atoms with Crippen molar-refractivity contribution in [2.45, 2.75) is 39.5 Å². The van der Waals surface area contributed by atoms with E-state index in [1.54, 1.807) is 0 Å². The molecule has 0 saturated heterocycles. The van der Waals surface area contributed by atoms with Crippen LogP contribution in [0.4, 0.5) is 0 Å². The number of aliphatic carboxylic acids is 1. The monoisotopic (exact) mass is 248 g/mol. The van der Waals surface area contributed by atoms with Crippen LogP contribution in [-0.4, -0.2) is 35.3 Å². The minimum Gasteiger partial charge on any atom is -0.481 e. The van der Waals surface area contributed by atoms with Crippen LogP contribution in [0.2, 0.25) is 0 Å². The maximum Gasteiger partial charge on any atom is 0.303 e. The van der Waals surface area contributed by atoms with Gasteiger partial charge < -0.3 is 14.5 Å². The molecule has 0 aliphatic heterocycles. The molecule has 0 aliphatic carbocycles. The molecule has 4 nitrogen and oxygen atoms in total. The topological polar surface area (TPSA) is 71.4 Å². The highest BCUT2D eigenvalue weighted by Crippen LogP contribution is 2.47. The predicted octanol–water partition coefficient (Wildman–Crippen LogP) is 2.60. The smallest absolute Gasteiger partial charge is 0.303 e. The van der Waals surface area contributed by atoms with Gasteiger partial charge in [-0.2, -0.15) is 0 Å². The number of Topliss-reactive ketones (excluding diaryl/α,β-unsaturated/α-hetero) is 1. The van der Waals surface area contributed by atoms with E-state index in [9.17, 15) is 14.2 Å². The summed E-state index contributed by atoms with van der Waals surface area (Å²) in [5, 5.41) is 8.59. The summed E-state index contributed by atoms with van der Waals surface area (Å²) in [6, 6.07) is 0. The fourth-order valence-electron chi connectivity index (χ4n) is 1.44. The van der Waals surface area contributed by atoms with Gasteiger partial charge in [0.05, 0.1) is 13.6 Å². The van der Waals surface area contributed by atoms with Gasteiger partial charge in [-0.05, 0) is 13.3 Å². The van der Waals surface area contributed by atoms with Gasteiger partial charge in [0.25, 0.3) is 0 Å². The normalized spacial score (nSPS) is 14.4. The highest BCUT2D eigenvalue weighted by atomic mass is 31.2. The van der Waals surface area contributed by atoms with Gasteiger partial charge in [-0.25, -0.2) is 0 Å². The summed E-state index contributed by atoms with van der Waals surface area (Å²) < 4.78 is 12.4. The molecule has 1 N–H and O–H groups in total. The number of unbranched alkanes of at least 4 members (excludes halogenated alkanes) is 1. The summed E-state index contributed by atoms with van der Waals surface area (Å²) in [5.74, 6) is -0.897. The lowest BCUT2D eigenvalue weighted by molar-refractivity contribution is -0.136. The molecule has 0 heterocycles. The van der Waals surface area contributed by atoms with Crippen LogP contribution in [0.1, 0.15) is 39.5 Å². The zero-order valence-electron chi connectivity index (χ0n) is 10.1. The zero-order chi connectivity index (χ0) is 12.6. The molecule has 1 atom stereocenters. The number of carboxylic acids is 1. The van der Waals surface area contributed by atoms with Gasteiger partial charge in [-0.15, -0.1) is 0 Å². The molecule has 94 valence electrons. The minimum atomic E-state index is -2.45. The number of carbonyl (C=O) groups excluding carboxylic acids is 1. The van der Waals surface area contributed by atoms with Crippen LogP contribution >= 0.6 is 7.14 Å². The van der Waals surface area contributed by atoms with Crippen molar-refractivity contribution in [1.29, 1.82) is 0 Å². The number of carboxylic acid groups (broad SMARTS) is 1. The molecule has 0 bridgehead atoms. The van der Waals surface area contributed by atoms with Crippen LogP contribution in [0.15, 0.2) is 0 Å². The second kappa shape index (κ2) is 7.61. The van der Waals surface area contributed by atoms with E-state index in [0.717, 1.165) is 12.8 Å². The van der Waals surface area contributed by atoms with Crippen molar-refractivity contribution >= 4 is 18.9 Å². The van der Waals surface area contributed by atoms with Crippen molar-refractivity contribution in [2.75, 3.05) is 18.5 Å². The maximum atomic E-state index is 12.4. The van der Waals surface area contributed by atoms with Gasteiger partial charge in [-0.3, -0.25) is 4.79 Å². The molecular formula is C11H21O4P. The van der Waals surface area contributed by atoms with Crippen LogP contribution < -0.4 is 0 Å². The van der Waals surface area contributed by atoms with Gasteiger partial charge >= 0.3 is 5.97 Å². The molecular weight excluding hydrogens is 227 g/mol. The quantitative estimate of drug-likeness (QED) is 0.636. The van der Waals surface area contributed by atoms with E-state index >= 15 is 0 Å². The van der Waals surface area contributed by atoms with E-state index in [0.29, 0.717) is 18.7 Å². The Labute approximate surface area is 96.8 Å². The van der Waals surface area contributed by atoms with E-state index in [4.69, 9.17) is 5.11 Å². The van der Waals surface area contributed by atoms with Gasteiger partial charge in [0.2, 0.25) is 0 Å². The lowest BCUT2D eigenvalue weighted by Crippen LogP contribution is -2.07. The highest BCUT2D eigenvalue weighted by Gasteiger charge is 2.22. The van der Waals surface area contributed by atoms with Gasteiger partial charge in [0.1, 0.15) is 5.78 Å². The van der Waals surface area contributed by atoms with Gasteiger partial charge in [0.15, 0.2) is 0 Å². The van der Waals surface area contributed by atoms with E-state index < -0.39 is 13.1 Å². The van der Waals surface area contributed by atoms with Crippen molar-refractivity contribution in [3.63, 3.8) is 0 Å². The average Bonchev–Trinajstić information content (AvgIpc) is 2.21. The third-order valence-corrected chi connectivity index (χ3v) is 5.73. The summed E-state index contributed by atoms with van der Waals surface area (Å²) >= 11 is 0. The lowest BCUT2D eigenvalue weighted by Gasteiger charge is -2.16. The molecule has 16 heavy (non-hydrogen) atoms. The Hall–Kier alpha value is -0.630. The minimum absolute atomic E-state index is 0.0204. The Morgan fingerprint density at radius 2 is 1.69 bits per heavy atom. The maximum absolute atomic E-state index is 12.4. The summed E-state index contributed by atoms with van der Waals surface area (Å²) in [6.07, 6.45) is 3.21. The third kappa shape index (κ3) is 7.63. The van der Waals surface area contributed by atoms with E-state index in [2.05, 4.69) is 0 Å². The molecule has 0 radical (unpaired) electrons. The molecule has 0 amide bonds. The van der Waals surface area contributed by atoms with E-state index in [1.165, 1.54) is 6.92 Å². The number of hydrogen-bond acceptors (Lipinski definition) is 3. The van der Waals surface area contributed by atoms with E-state index in [-0.39, 0.29) is 18.4 Å². The van der Waals surface area contributed by atoms with Crippen LogP contribution in [0, 0.1) is 0 Å². The first-order valence-corrected chi connectivity index (χ1v) is 7.94. The molecule has 0 aliphatic rings. The molecule has 0 rings (SSSR count). The molecule has 0 aromatic rings. The van der Waals surface area contributed by atoms with Crippen molar-refractivity contribution in [1.82, 2.24) is 0 Å². The molecule has 0 aromatic heterocycles. The predicted molar refractivity (Wildman–Crippen MR) is 64.7 cm³/mol. The SMILES string of the molecule is CCCCP(=O)(CCC(C)=O)CCC(=O)O. The van der Waals surface area contributed by atoms with Crippen molar-refractivity contribution < 1.29 is 19.3 Å². The Kier molecular flexibility index (Phi) is 7.31. The first-order chi connectivity index (χ1) is 7.39. The molecule has 5 heteroatoms. The van der Waals surface area contributed by atoms with Gasteiger partial charge in [-0.1, -0.05) is 13.3 Å². The van der Waals surface area contributed by atoms with Gasteiger partial charge in [0, 0.05) is 24.9 Å². The Morgan fingerprint density at radius 1 is 1.12 bits per heavy atom. The summed E-state index contributed by atoms with van der Waals surface area (Å²) in [6.45, 7) is 3.48. The highest BCUT2D eigenvalue weighted by molar-refractivity contribution is 7.64. The first-order valence-electron chi connectivity index (χ1n) is 5.68. The summed E-state index contributed by atoms with van der Waals surface area (Å²) in [7, 11) is -2.45. The lowest BCUT2D eigenvalue weighted by atomic mass is 10.4. The van der Waals surface area contributed by atoms with Crippen LogP contribution in [0.5, 0.6) is 0 Å². The molecule has 1 unspecified atom stereocenters. The molecule has 0 fully saturated rings. The van der Waals surface area contributed by atoms with E-state index in [1.807, 2.05) is 6.92 Å². The second-order valence-electron chi connectivity index (χ2n) is 4.18. The molecule has 0 spiro atoms. The number of hydrogen-bond donors (Lipinski definition) is 1. The van der Waals surface area contributed by atoms with Crippen LogP contribution in [0.25, 0.3) is 0 Å². The Balaban J connectivity index is 4.29. The molecule has 0 aromatic carbocycles. The largest absolute Gasteiger partial charge is 0.481 e. The summed E-state index contributed by atoms with van der Waals surface area (Å²) in [5.41, 5.74) is 0. The zero-order valence-corrected chi connectivity index (χ0v) is 11.0. The van der Waals surface area contributed by atoms with Crippen molar-refractivity contribution in [3.8, 4) is 0 Å². The molecule has 0 saturated carbocycles. The fraction of sp³-hybridized carbons (Fsp3) is 0.818. The number of carbonyl (C=O) groups is 2. The fourth-order valence-corrected chi connectivity index (χ4v) is 4.33. The first kappa shape index (κ1) is 15.4. The van der Waals surface area contributed by atoms with Crippen molar-refractivity contribution in [3.05, 3.63) is 0 Å². The summed E-state index contributed by atoms with van der Waals surface area (Å²) in [4.78, 5) is 21.3. The van der Waals surface area contributed by atoms with Crippen molar-refractivity contribution in [2.24, 2.45) is 0 Å². The standard InChI is InChI=1S/C11H21O4P/c1-3-4-7-16(15,8-5-10(2)12)9-6-11(13)14/h3-9H2,1-2H3,(H,13,14).